The van der Waals surface area contributed by atoms with Crippen LogP contribution in [0.5, 0.6) is 0 Å². The van der Waals surface area contributed by atoms with Gasteiger partial charge in [0.2, 0.25) is 5.76 Å². The van der Waals surface area contributed by atoms with Crippen LogP contribution in [0.4, 0.5) is 0 Å². The number of nitrogens with zero attached hydrogens (tertiary/aromatic N) is 2. The van der Waals surface area contributed by atoms with Crippen LogP contribution < -0.4 is 0 Å². The summed E-state index contributed by atoms with van der Waals surface area (Å²) in [6.45, 7) is 9.31. The van der Waals surface area contributed by atoms with Gasteiger partial charge >= 0.3 is 5.97 Å². The lowest BCUT2D eigenvalue weighted by molar-refractivity contribution is 0.0424. The first kappa shape index (κ1) is 14.6. The zero-order chi connectivity index (χ0) is 14.9. The average molecular weight is 280 g/mol. The van der Waals surface area contributed by atoms with E-state index in [1.54, 1.807) is 4.90 Å². The number of carboxylic acid groups (broad SMARTS) is 1. The highest BCUT2D eigenvalue weighted by Crippen LogP contribution is 2.18. The summed E-state index contributed by atoms with van der Waals surface area (Å²) < 4.78 is 5.05. The normalized spacial score (nSPS) is 17.2. The Morgan fingerprint density at radius 2 is 1.65 bits per heavy atom. The van der Waals surface area contributed by atoms with Crippen molar-refractivity contribution in [2.24, 2.45) is 0 Å². The Bertz CT molecular complexity index is 507. The Balaban J connectivity index is 1.99. The van der Waals surface area contributed by atoms with E-state index in [1.165, 1.54) is 12.1 Å². The molecule has 6 heteroatoms. The van der Waals surface area contributed by atoms with Crippen molar-refractivity contribution in [2.75, 3.05) is 26.2 Å². The Morgan fingerprint density at radius 3 is 2.10 bits per heavy atom. The lowest BCUT2D eigenvalue weighted by atomic mass is 10.0. The molecule has 1 aromatic rings. The maximum Gasteiger partial charge on any atom is 0.371 e. The van der Waals surface area contributed by atoms with Crippen LogP contribution in [0.2, 0.25) is 0 Å². The lowest BCUT2D eigenvalue weighted by Gasteiger charge is -2.42. The summed E-state index contributed by atoms with van der Waals surface area (Å²) in [5, 5.41) is 8.79. The number of carbonyl (C=O) groups is 2. The van der Waals surface area contributed by atoms with E-state index in [9.17, 15) is 9.59 Å². The summed E-state index contributed by atoms with van der Waals surface area (Å²) in [5.74, 6) is -1.53. The third kappa shape index (κ3) is 3.01. The number of hydrogen-bond donors (Lipinski definition) is 1. The fraction of sp³-hybridized carbons (Fsp3) is 0.571. The predicted octanol–water partition coefficient (Wildman–Crippen LogP) is 1.53. The van der Waals surface area contributed by atoms with Gasteiger partial charge in [-0.25, -0.2) is 4.79 Å². The van der Waals surface area contributed by atoms with E-state index >= 15 is 0 Å². The number of piperazine rings is 1. The molecule has 1 N–H and O–H groups in total. The molecule has 0 aliphatic carbocycles. The van der Waals surface area contributed by atoms with Crippen LogP contribution in [0.15, 0.2) is 16.5 Å². The maximum atomic E-state index is 12.2. The molecule has 0 atom stereocenters. The van der Waals surface area contributed by atoms with E-state index < -0.39 is 5.97 Å². The molecule has 0 aromatic carbocycles. The first-order valence-corrected chi connectivity index (χ1v) is 6.66. The van der Waals surface area contributed by atoms with Crippen molar-refractivity contribution in [3.63, 3.8) is 0 Å². The molecule has 0 radical (unpaired) electrons. The molecule has 0 bridgehead atoms. The van der Waals surface area contributed by atoms with Gasteiger partial charge in [-0.1, -0.05) is 0 Å². The van der Waals surface area contributed by atoms with Crippen LogP contribution in [0, 0.1) is 0 Å². The maximum absolute atomic E-state index is 12.2. The zero-order valence-electron chi connectivity index (χ0n) is 12.0. The number of carboxylic acids is 1. The molecule has 1 aliphatic heterocycles. The highest BCUT2D eigenvalue weighted by Gasteiger charge is 2.29. The van der Waals surface area contributed by atoms with E-state index in [0.717, 1.165) is 13.1 Å². The predicted molar refractivity (Wildman–Crippen MR) is 72.9 cm³/mol. The second kappa shape index (κ2) is 5.28. The van der Waals surface area contributed by atoms with Crippen LogP contribution in [0.25, 0.3) is 0 Å². The van der Waals surface area contributed by atoms with Crippen molar-refractivity contribution in [3.05, 3.63) is 23.7 Å². The number of amides is 1. The zero-order valence-corrected chi connectivity index (χ0v) is 12.0. The number of hydrogen-bond acceptors (Lipinski definition) is 4. The molecule has 1 fully saturated rings. The summed E-state index contributed by atoms with van der Waals surface area (Å²) in [6.07, 6.45) is 0. The Hall–Kier alpha value is -1.82. The summed E-state index contributed by atoms with van der Waals surface area (Å²) in [4.78, 5) is 27.0. The lowest BCUT2D eigenvalue weighted by Crippen LogP contribution is -2.54. The second-order valence-electron chi connectivity index (χ2n) is 5.92. The molecular formula is C14H20N2O4. The quantitative estimate of drug-likeness (QED) is 0.889. The standard InChI is InChI=1S/C14H20N2O4/c1-14(2,3)16-8-6-15(7-9-16)12(17)10-4-5-11(20-10)13(18)19/h4-5H,6-9H2,1-3H3,(H,18,19). The highest BCUT2D eigenvalue weighted by atomic mass is 16.4. The first-order chi connectivity index (χ1) is 9.29. The molecular weight excluding hydrogens is 260 g/mol. The van der Waals surface area contributed by atoms with Crippen LogP contribution in [-0.4, -0.2) is 58.5 Å². The van der Waals surface area contributed by atoms with Gasteiger partial charge in [-0.2, -0.15) is 0 Å². The molecule has 1 aliphatic rings. The Labute approximate surface area is 118 Å². The summed E-state index contributed by atoms with van der Waals surface area (Å²) in [5.41, 5.74) is 0.0935. The number of carbonyl (C=O) groups excluding carboxylic acids is 1. The van der Waals surface area contributed by atoms with Gasteiger partial charge in [-0.15, -0.1) is 0 Å². The molecule has 6 nitrogen and oxygen atoms in total. The first-order valence-electron chi connectivity index (χ1n) is 6.66. The summed E-state index contributed by atoms with van der Waals surface area (Å²) >= 11 is 0. The van der Waals surface area contributed by atoms with Crippen molar-refractivity contribution in [3.8, 4) is 0 Å². The second-order valence-corrected chi connectivity index (χ2v) is 5.92. The fourth-order valence-corrected chi connectivity index (χ4v) is 2.30. The van der Waals surface area contributed by atoms with Gasteiger partial charge in [0.25, 0.3) is 5.91 Å². The van der Waals surface area contributed by atoms with E-state index in [2.05, 4.69) is 25.7 Å². The minimum absolute atomic E-state index is 0.0895. The monoisotopic (exact) mass is 280 g/mol. The van der Waals surface area contributed by atoms with Gasteiger partial charge in [0, 0.05) is 31.7 Å². The topological polar surface area (TPSA) is 74.0 Å². The number of rotatable bonds is 2. The minimum atomic E-state index is -1.17. The highest BCUT2D eigenvalue weighted by molar-refractivity contribution is 5.93. The molecule has 20 heavy (non-hydrogen) atoms. The van der Waals surface area contributed by atoms with Crippen LogP contribution >= 0.6 is 0 Å². The van der Waals surface area contributed by atoms with Gasteiger partial charge in [-0.05, 0) is 32.9 Å². The van der Waals surface area contributed by atoms with Crippen molar-refractivity contribution < 1.29 is 19.1 Å². The SMILES string of the molecule is CC(C)(C)N1CCN(C(=O)c2ccc(C(=O)O)o2)CC1. The molecule has 110 valence electrons. The van der Waals surface area contributed by atoms with Gasteiger partial charge in [-0.3, -0.25) is 9.69 Å². The average Bonchev–Trinajstić information content (AvgIpc) is 2.86. The van der Waals surface area contributed by atoms with E-state index in [0.29, 0.717) is 13.1 Å². The number of aromatic carboxylic acids is 1. The minimum Gasteiger partial charge on any atom is -0.475 e. The van der Waals surface area contributed by atoms with Crippen molar-refractivity contribution >= 4 is 11.9 Å². The molecule has 1 saturated heterocycles. The fourth-order valence-electron chi connectivity index (χ4n) is 2.30. The summed E-state index contributed by atoms with van der Waals surface area (Å²) in [6, 6.07) is 2.73. The summed E-state index contributed by atoms with van der Waals surface area (Å²) in [7, 11) is 0. The Morgan fingerprint density at radius 1 is 1.10 bits per heavy atom. The molecule has 0 saturated carbocycles. The number of furan rings is 1. The van der Waals surface area contributed by atoms with Crippen molar-refractivity contribution in [1.29, 1.82) is 0 Å². The molecule has 2 rings (SSSR count). The van der Waals surface area contributed by atoms with Gasteiger partial charge in [0.05, 0.1) is 0 Å². The molecule has 1 aromatic heterocycles. The Kier molecular flexibility index (Phi) is 3.85. The van der Waals surface area contributed by atoms with Crippen LogP contribution in [0.3, 0.4) is 0 Å². The van der Waals surface area contributed by atoms with E-state index in [-0.39, 0.29) is 23.0 Å². The molecule has 0 spiro atoms. The smallest absolute Gasteiger partial charge is 0.371 e. The van der Waals surface area contributed by atoms with Crippen LogP contribution in [0.1, 0.15) is 41.9 Å². The van der Waals surface area contributed by atoms with Crippen molar-refractivity contribution in [2.45, 2.75) is 26.3 Å². The van der Waals surface area contributed by atoms with Gasteiger partial charge < -0.3 is 14.4 Å². The van der Waals surface area contributed by atoms with Crippen molar-refractivity contribution in [1.82, 2.24) is 9.80 Å². The molecule has 0 unspecified atom stereocenters. The third-order valence-electron chi connectivity index (χ3n) is 3.54. The van der Waals surface area contributed by atoms with Gasteiger partial charge in [0.15, 0.2) is 5.76 Å². The largest absolute Gasteiger partial charge is 0.475 e. The molecule has 2 heterocycles. The van der Waals surface area contributed by atoms with Gasteiger partial charge in [0.1, 0.15) is 0 Å². The third-order valence-corrected chi connectivity index (χ3v) is 3.54. The van der Waals surface area contributed by atoms with E-state index in [4.69, 9.17) is 9.52 Å². The molecule has 1 amide bonds. The van der Waals surface area contributed by atoms with E-state index in [1.807, 2.05) is 0 Å². The van der Waals surface area contributed by atoms with Crippen LogP contribution in [-0.2, 0) is 0 Å².